The zero-order valence-electron chi connectivity index (χ0n) is 18.3. The van der Waals surface area contributed by atoms with Crippen LogP contribution in [0, 0.1) is 0 Å². The molecule has 0 unspecified atom stereocenters. The van der Waals surface area contributed by atoms with Crippen LogP contribution in [0.1, 0.15) is 70.6 Å². The minimum atomic E-state index is 0.0858. The molecule has 0 heterocycles. The maximum absolute atomic E-state index is 2.29. The summed E-state index contributed by atoms with van der Waals surface area (Å²) in [5.41, 5.74) is 4.72. The average Bonchev–Trinajstić information content (AvgIpc) is 2.78. The van der Waals surface area contributed by atoms with Crippen LogP contribution in [0.15, 0.2) is 91.0 Å². The normalized spacial score (nSPS) is 11.5. The van der Waals surface area contributed by atoms with E-state index in [0.717, 1.165) is 0 Å². The number of rotatable bonds is 6. The largest absolute Gasteiger partial charge is 0.0645 e. The van der Waals surface area contributed by atoms with E-state index in [-0.39, 0.29) is 5.41 Å². The molecule has 0 aliphatic heterocycles. The summed E-state index contributed by atoms with van der Waals surface area (Å²) in [6.07, 6.45) is 3.72. The monoisotopic (exact) mass is 372 g/mol. The van der Waals surface area contributed by atoms with Gasteiger partial charge in [0.2, 0.25) is 0 Å². The van der Waals surface area contributed by atoms with Crippen molar-refractivity contribution < 1.29 is 0 Å². The van der Waals surface area contributed by atoms with Crippen molar-refractivity contribution in [1.29, 1.82) is 0 Å². The Hall–Kier alpha value is -2.34. The van der Waals surface area contributed by atoms with Crippen molar-refractivity contribution >= 4 is 0 Å². The van der Waals surface area contributed by atoms with Gasteiger partial charge in [-0.25, -0.2) is 0 Å². The Morgan fingerprint density at radius 1 is 0.464 bits per heavy atom. The van der Waals surface area contributed by atoms with Crippen LogP contribution in [0.4, 0.5) is 0 Å². The van der Waals surface area contributed by atoms with Crippen molar-refractivity contribution in [2.45, 2.75) is 64.7 Å². The lowest BCUT2D eigenvalue weighted by Gasteiger charge is -2.31. The third-order valence-corrected chi connectivity index (χ3v) is 6.41. The van der Waals surface area contributed by atoms with Crippen molar-refractivity contribution in [1.82, 2.24) is 0 Å². The number of hydrogen-bond acceptors (Lipinski definition) is 0. The van der Waals surface area contributed by atoms with Crippen molar-refractivity contribution in [2.24, 2.45) is 0 Å². The highest BCUT2D eigenvalue weighted by Gasteiger charge is 2.25. The predicted octanol–water partition coefficient (Wildman–Crippen LogP) is 8.17. The highest BCUT2D eigenvalue weighted by Crippen LogP contribution is 2.34. The molecule has 0 aliphatic rings. The molecule has 0 fully saturated rings. The van der Waals surface area contributed by atoms with E-state index in [4.69, 9.17) is 0 Å². The van der Waals surface area contributed by atoms with Gasteiger partial charge in [-0.05, 0) is 41.4 Å². The summed E-state index contributed by atoms with van der Waals surface area (Å²) < 4.78 is 0. The Morgan fingerprint density at radius 2 is 0.750 bits per heavy atom. The smallest absolute Gasteiger partial charge is 0.0146 e. The van der Waals surface area contributed by atoms with Gasteiger partial charge in [-0.1, -0.05) is 126 Å². The van der Waals surface area contributed by atoms with E-state index in [1.165, 1.54) is 36.0 Å². The highest BCUT2D eigenvalue weighted by molar-refractivity contribution is 5.37. The lowest BCUT2D eigenvalue weighted by molar-refractivity contribution is 0.382. The van der Waals surface area contributed by atoms with Crippen LogP contribution in [0.25, 0.3) is 0 Å². The summed E-state index contributed by atoms with van der Waals surface area (Å²) in [6.45, 7) is 11.4. The van der Waals surface area contributed by atoms with E-state index in [9.17, 15) is 0 Å². The summed E-state index contributed by atoms with van der Waals surface area (Å²) in [5, 5.41) is 0. The van der Waals surface area contributed by atoms with E-state index in [1.54, 1.807) is 0 Å². The number of hydrogen-bond donors (Lipinski definition) is 0. The van der Waals surface area contributed by atoms with Crippen molar-refractivity contribution in [2.75, 3.05) is 0 Å². The second kappa shape index (κ2) is 10.3. The standard InChI is InChI=1S/C15H16.C13H20/c1-15(2,13-9-5-3-6-10-13)14-11-7-4-8-12-14;1-4-13(5-2,6-3)12-10-8-7-9-11-12/h3-12H,1-2H3;7-11H,4-6H2,1-3H3. The van der Waals surface area contributed by atoms with Gasteiger partial charge in [-0.15, -0.1) is 0 Å². The van der Waals surface area contributed by atoms with Crippen LogP contribution in [-0.4, -0.2) is 0 Å². The van der Waals surface area contributed by atoms with E-state index >= 15 is 0 Å². The Bertz CT molecular complexity index is 731. The van der Waals surface area contributed by atoms with Crippen molar-refractivity contribution in [3.8, 4) is 0 Å². The van der Waals surface area contributed by atoms with E-state index in [2.05, 4.69) is 126 Å². The van der Waals surface area contributed by atoms with Crippen LogP contribution in [0.3, 0.4) is 0 Å². The summed E-state index contributed by atoms with van der Waals surface area (Å²) in [7, 11) is 0. The lowest BCUT2D eigenvalue weighted by atomic mass is 9.74. The molecule has 28 heavy (non-hydrogen) atoms. The molecular weight excluding hydrogens is 336 g/mol. The first-order valence-electron chi connectivity index (χ1n) is 10.7. The quantitative estimate of drug-likeness (QED) is 0.409. The average molecular weight is 373 g/mol. The first-order valence-corrected chi connectivity index (χ1v) is 10.7. The van der Waals surface area contributed by atoms with Crippen LogP contribution in [0.2, 0.25) is 0 Å². The van der Waals surface area contributed by atoms with Gasteiger partial charge in [0.25, 0.3) is 0 Å². The van der Waals surface area contributed by atoms with Crippen LogP contribution in [-0.2, 0) is 10.8 Å². The fraction of sp³-hybridized carbons (Fsp3) is 0.357. The van der Waals surface area contributed by atoms with Gasteiger partial charge in [-0.3, -0.25) is 0 Å². The molecule has 0 aromatic heterocycles. The molecule has 0 bridgehead atoms. The highest BCUT2D eigenvalue weighted by atomic mass is 14.3. The number of benzene rings is 3. The van der Waals surface area contributed by atoms with Gasteiger partial charge >= 0.3 is 0 Å². The second-order valence-corrected chi connectivity index (χ2v) is 8.06. The molecule has 0 nitrogen and oxygen atoms in total. The summed E-state index contributed by atoms with van der Waals surface area (Å²) in [6, 6.07) is 32.2. The molecule has 0 spiro atoms. The maximum Gasteiger partial charge on any atom is 0.0146 e. The zero-order chi connectivity index (χ0) is 20.5. The molecule has 0 atom stereocenters. The van der Waals surface area contributed by atoms with Crippen LogP contribution in [0.5, 0.6) is 0 Å². The molecule has 3 aromatic carbocycles. The molecule has 0 heteroatoms. The Balaban J connectivity index is 0.000000203. The Labute approximate surface area is 172 Å². The van der Waals surface area contributed by atoms with Gasteiger partial charge in [0.05, 0.1) is 0 Å². The molecule has 0 amide bonds. The molecule has 0 aliphatic carbocycles. The first kappa shape index (κ1) is 22.0. The summed E-state index contributed by atoms with van der Waals surface area (Å²) in [5.74, 6) is 0. The molecule has 0 N–H and O–H groups in total. The van der Waals surface area contributed by atoms with Crippen LogP contribution >= 0.6 is 0 Å². The molecule has 0 radical (unpaired) electrons. The third kappa shape index (κ3) is 5.13. The molecule has 148 valence electrons. The topological polar surface area (TPSA) is 0 Å². The van der Waals surface area contributed by atoms with Gasteiger partial charge in [0.15, 0.2) is 0 Å². The Kier molecular flexibility index (Phi) is 8.05. The van der Waals surface area contributed by atoms with Gasteiger partial charge in [-0.2, -0.15) is 0 Å². The fourth-order valence-corrected chi connectivity index (χ4v) is 4.03. The minimum absolute atomic E-state index is 0.0858. The minimum Gasteiger partial charge on any atom is -0.0645 e. The molecular formula is C28H36. The van der Waals surface area contributed by atoms with Gasteiger partial charge in [0, 0.05) is 5.41 Å². The fourth-order valence-electron chi connectivity index (χ4n) is 4.03. The Morgan fingerprint density at radius 3 is 1.04 bits per heavy atom. The summed E-state index contributed by atoms with van der Waals surface area (Å²) in [4.78, 5) is 0. The second-order valence-electron chi connectivity index (χ2n) is 8.06. The molecule has 0 saturated heterocycles. The molecule has 3 rings (SSSR count). The van der Waals surface area contributed by atoms with Crippen molar-refractivity contribution in [3.63, 3.8) is 0 Å². The van der Waals surface area contributed by atoms with Crippen LogP contribution < -0.4 is 0 Å². The first-order chi connectivity index (χ1) is 13.5. The maximum atomic E-state index is 2.29. The lowest BCUT2D eigenvalue weighted by Crippen LogP contribution is -2.22. The zero-order valence-corrected chi connectivity index (χ0v) is 18.3. The van der Waals surface area contributed by atoms with E-state index in [0.29, 0.717) is 5.41 Å². The third-order valence-electron chi connectivity index (χ3n) is 6.41. The summed E-state index contributed by atoms with van der Waals surface area (Å²) >= 11 is 0. The van der Waals surface area contributed by atoms with E-state index < -0.39 is 0 Å². The SMILES string of the molecule is CC(C)(c1ccccc1)c1ccccc1.CCC(CC)(CC)c1ccccc1. The van der Waals surface area contributed by atoms with Gasteiger partial charge < -0.3 is 0 Å². The molecule has 3 aromatic rings. The predicted molar refractivity (Wildman–Crippen MR) is 124 cm³/mol. The van der Waals surface area contributed by atoms with Gasteiger partial charge in [0.1, 0.15) is 0 Å². The van der Waals surface area contributed by atoms with E-state index in [1.807, 2.05) is 0 Å². The van der Waals surface area contributed by atoms with Crippen molar-refractivity contribution in [3.05, 3.63) is 108 Å². The molecule has 0 saturated carbocycles.